The lowest BCUT2D eigenvalue weighted by atomic mass is 9.99. The highest BCUT2D eigenvalue weighted by molar-refractivity contribution is 7.99. The number of carbonyl (C=O) groups excluding carboxylic acids is 2. The average Bonchev–Trinajstić information content (AvgIpc) is 3.36. The van der Waals surface area contributed by atoms with Gasteiger partial charge in [0.25, 0.3) is 0 Å². The number of amides is 2. The van der Waals surface area contributed by atoms with Crippen LogP contribution in [0, 0.1) is 0 Å². The van der Waals surface area contributed by atoms with Gasteiger partial charge >= 0.3 is 6.36 Å². The van der Waals surface area contributed by atoms with Gasteiger partial charge in [-0.3, -0.25) is 9.59 Å². The molecular formula is C23H22F3N5O3S. The van der Waals surface area contributed by atoms with Crippen molar-refractivity contribution in [1.82, 2.24) is 19.7 Å². The van der Waals surface area contributed by atoms with E-state index in [1.165, 1.54) is 12.1 Å². The summed E-state index contributed by atoms with van der Waals surface area (Å²) < 4.78 is 42.3. The molecular weight excluding hydrogens is 483 g/mol. The third-order valence-corrected chi connectivity index (χ3v) is 6.47. The molecule has 0 aliphatic carbocycles. The molecule has 0 saturated carbocycles. The van der Waals surface area contributed by atoms with Crippen molar-refractivity contribution in [2.45, 2.75) is 30.4 Å². The van der Waals surface area contributed by atoms with Gasteiger partial charge in [-0.2, -0.15) is 0 Å². The van der Waals surface area contributed by atoms with E-state index < -0.39 is 6.36 Å². The van der Waals surface area contributed by atoms with Crippen LogP contribution in [-0.2, 0) is 23.2 Å². The van der Waals surface area contributed by atoms with E-state index in [9.17, 15) is 22.8 Å². The Kier molecular flexibility index (Phi) is 7.29. The minimum Gasteiger partial charge on any atom is -0.406 e. The van der Waals surface area contributed by atoms with Crippen molar-refractivity contribution in [2.75, 3.05) is 17.6 Å². The predicted molar refractivity (Wildman–Crippen MR) is 123 cm³/mol. The van der Waals surface area contributed by atoms with Crippen LogP contribution in [0.1, 0.15) is 23.7 Å². The van der Waals surface area contributed by atoms with Crippen molar-refractivity contribution < 1.29 is 27.5 Å². The molecule has 8 nitrogen and oxygen atoms in total. The Morgan fingerprint density at radius 2 is 1.86 bits per heavy atom. The van der Waals surface area contributed by atoms with Gasteiger partial charge in [0, 0.05) is 31.6 Å². The van der Waals surface area contributed by atoms with Crippen molar-refractivity contribution in [3.05, 3.63) is 66.0 Å². The molecule has 2 amide bonds. The molecule has 12 heteroatoms. The Labute approximate surface area is 203 Å². The molecule has 184 valence electrons. The molecule has 1 aliphatic rings. The number of aromatic nitrogens is 3. The summed E-state index contributed by atoms with van der Waals surface area (Å²) in [5.41, 5.74) is 1.47. The highest BCUT2D eigenvalue weighted by Crippen LogP contribution is 2.29. The summed E-state index contributed by atoms with van der Waals surface area (Å²) in [4.78, 5) is 26.5. The first-order valence-corrected chi connectivity index (χ1v) is 11.7. The molecule has 0 radical (unpaired) electrons. The van der Waals surface area contributed by atoms with Crippen LogP contribution in [0.4, 0.5) is 18.9 Å². The summed E-state index contributed by atoms with van der Waals surface area (Å²) in [7, 11) is 1.77. The molecule has 1 saturated heterocycles. The number of hydrogen-bond donors (Lipinski definition) is 1. The maximum absolute atomic E-state index is 12.5. The number of likely N-dealkylation sites (tertiary alicyclic amines) is 1. The quantitative estimate of drug-likeness (QED) is 0.466. The zero-order valence-corrected chi connectivity index (χ0v) is 19.5. The first kappa shape index (κ1) is 24.6. The number of carbonyl (C=O) groups is 2. The summed E-state index contributed by atoms with van der Waals surface area (Å²) in [5.74, 6) is 0.0966. The number of hydrogen-bond acceptors (Lipinski definition) is 6. The number of rotatable bonds is 8. The van der Waals surface area contributed by atoms with Gasteiger partial charge in [-0.15, -0.1) is 23.4 Å². The number of nitrogens with one attached hydrogen (secondary N) is 1. The molecule has 0 spiro atoms. The van der Waals surface area contributed by atoms with E-state index >= 15 is 0 Å². The van der Waals surface area contributed by atoms with Crippen LogP contribution in [-0.4, -0.2) is 50.1 Å². The molecule has 3 aromatic rings. The van der Waals surface area contributed by atoms with Gasteiger partial charge in [0.15, 0.2) is 11.0 Å². The van der Waals surface area contributed by atoms with Crippen LogP contribution in [0.25, 0.3) is 0 Å². The number of ether oxygens (including phenoxy) is 1. The number of thioether (sulfide) groups is 1. The van der Waals surface area contributed by atoms with Crippen LogP contribution >= 0.6 is 11.8 Å². The summed E-state index contributed by atoms with van der Waals surface area (Å²) in [6.07, 6.45) is -4.32. The Morgan fingerprint density at radius 3 is 2.54 bits per heavy atom. The van der Waals surface area contributed by atoms with Gasteiger partial charge in [0.1, 0.15) is 5.75 Å². The maximum atomic E-state index is 12.5. The van der Waals surface area contributed by atoms with Gasteiger partial charge in [-0.25, -0.2) is 0 Å². The normalized spacial score (nSPS) is 15.9. The molecule has 4 rings (SSSR count). The largest absolute Gasteiger partial charge is 0.573 e. The summed E-state index contributed by atoms with van der Waals surface area (Å²) >= 11 is 1.16. The lowest BCUT2D eigenvalue weighted by molar-refractivity contribution is -0.274. The van der Waals surface area contributed by atoms with Crippen molar-refractivity contribution in [3.63, 3.8) is 0 Å². The second-order valence-electron chi connectivity index (χ2n) is 7.95. The molecule has 1 unspecified atom stereocenters. The van der Waals surface area contributed by atoms with Gasteiger partial charge in [0.05, 0.1) is 12.3 Å². The van der Waals surface area contributed by atoms with Crippen LogP contribution < -0.4 is 10.1 Å². The van der Waals surface area contributed by atoms with E-state index in [0.717, 1.165) is 29.5 Å². The topological polar surface area (TPSA) is 89.4 Å². The molecule has 1 aromatic heterocycles. The van der Waals surface area contributed by atoms with Crippen LogP contribution in [0.3, 0.4) is 0 Å². The molecule has 1 N–H and O–H groups in total. The van der Waals surface area contributed by atoms with Crippen LogP contribution in [0.2, 0.25) is 0 Å². The smallest absolute Gasteiger partial charge is 0.406 e. The van der Waals surface area contributed by atoms with Crippen LogP contribution in [0.5, 0.6) is 5.75 Å². The Bertz CT molecular complexity index is 1190. The monoisotopic (exact) mass is 505 g/mol. The fraction of sp³-hybridized carbons (Fsp3) is 0.304. The van der Waals surface area contributed by atoms with Gasteiger partial charge < -0.3 is 19.5 Å². The maximum Gasteiger partial charge on any atom is 0.573 e. The van der Waals surface area contributed by atoms with Gasteiger partial charge in [-0.05, 0) is 29.8 Å². The highest BCUT2D eigenvalue weighted by atomic mass is 32.2. The molecule has 35 heavy (non-hydrogen) atoms. The predicted octanol–water partition coefficient (Wildman–Crippen LogP) is 3.96. The molecule has 2 aromatic carbocycles. The standard InChI is InChI=1S/C23H22F3N5O3S/c1-30-19(13-31-12-16(11-21(31)33)15-5-3-2-4-6-15)28-29-22(30)35-14-20(32)27-17-7-9-18(10-8-17)34-23(24,25)26/h2-10,16H,11-14H2,1H3,(H,27,32). The lowest BCUT2D eigenvalue weighted by Crippen LogP contribution is -2.26. The van der Waals surface area contributed by atoms with E-state index in [0.29, 0.717) is 36.2 Å². The number of anilines is 1. The second-order valence-corrected chi connectivity index (χ2v) is 8.90. The fourth-order valence-electron chi connectivity index (χ4n) is 3.72. The van der Waals surface area contributed by atoms with E-state index in [-0.39, 0.29) is 29.2 Å². The van der Waals surface area contributed by atoms with E-state index in [1.807, 2.05) is 30.3 Å². The number of benzene rings is 2. The molecule has 1 atom stereocenters. The van der Waals surface area contributed by atoms with Crippen molar-refractivity contribution in [2.24, 2.45) is 7.05 Å². The first-order valence-electron chi connectivity index (χ1n) is 10.7. The lowest BCUT2D eigenvalue weighted by Gasteiger charge is -2.16. The number of alkyl halides is 3. The highest BCUT2D eigenvalue weighted by Gasteiger charge is 2.32. The second kappa shape index (κ2) is 10.4. The summed E-state index contributed by atoms with van der Waals surface area (Å²) in [6, 6.07) is 14.8. The number of nitrogens with zero attached hydrogens (tertiary/aromatic N) is 4. The third-order valence-electron chi connectivity index (χ3n) is 5.45. The zero-order chi connectivity index (χ0) is 25.0. The third kappa shape index (κ3) is 6.53. The Morgan fingerprint density at radius 1 is 1.14 bits per heavy atom. The molecule has 0 bridgehead atoms. The Balaban J connectivity index is 1.28. The van der Waals surface area contributed by atoms with Crippen molar-refractivity contribution in [3.8, 4) is 5.75 Å². The van der Waals surface area contributed by atoms with Crippen molar-refractivity contribution >= 4 is 29.3 Å². The van der Waals surface area contributed by atoms with E-state index in [1.54, 1.807) is 16.5 Å². The van der Waals surface area contributed by atoms with E-state index in [2.05, 4.69) is 20.3 Å². The van der Waals surface area contributed by atoms with Crippen molar-refractivity contribution in [1.29, 1.82) is 0 Å². The Hall–Kier alpha value is -3.54. The van der Waals surface area contributed by atoms with Crippen LogP contribution in [0.15, 0.2) is 59.8 Å². The molecule has 1 fully saturated rings. The SMILES string of the molecule is Cn1c(CN2CC(c3ccccc3)CC2=O)nnc1SCC(=O)Nc1ccc(OC(F)(F)F)cc1. The number of halogens is 3. The van der Waals surface area contributed by atoms with Gasteiger partial charge in [0.2, 0.25) is 11.8 Å². The average molecular weight is 506 g/mol. The minimum absolute atomic E-state index is 0.0193. The zero-order valence-electron chi connectivity index (χ0n) is 18.7. The summed E-state index contributed by atoms with van der Waals surface area (Å²) in [6.45, 7) is 0.929. The van der Waals surface area contributed by atoms with Gasteiger partial charge in [-0.1, -0.05) is 42.1 Å². The molecule has 2 heterocycles. The fourth-order valence-corrected chi connectivity index (χ4v) is 4.45. The first-order chi connectivity index (χ1) is 16.7. The van der Waals surface area contributed by atoms with E-state index in [4.69, 9.17) is 0 Å². The summed E-state index contributed by atoms with van der Waals surface area (Å²) in [5, 5.41) is 11.4. The molecule has 1 aliphatic heterocycles. The minimum atomic E-state index is -4.78.